The summed E-state index contributed by atoms with van der Waals surface area (Å²) in [6.45, 7) is 1.78. The minimum atomic E-state index is -0.286. The Kier molecular flexibility index (Phi) is 4.39. The van der Waals surface area contributed by atoms with Gasteiger partial charge in [-0.05, 0) is 31.2 Å². The lowest BCUT2D eigenvalue weighted by Crippen LogP contribution is -2.13. The van der Waals surface area contributed by atoms with Crippen LogP contribution in [0.3, 0.4) is 0 Å². The molecule has 3 aromatic heterocycles. The maximum absolute atomic E-state index is 12.8. The number of hydrogen-bond donors (Lipinski definition) is 2. The minimum absolute atomic E-state index is 0.264. The number of para-hydroxylation sites is 1. The molecule has 0 unspecified atom stereocenters. The van der Waals surface area contributed by atoms with E-state index in [9.17, 15) is 9.59 Å². The molecule has 1 aromatic carbocycles. The van der Waals surface area contributed by atoms with Gasteiger partial charge >= 0.3 is 0 Å². The monoisotopic (exact) mass is 378 g/mol. The molecule has 0 saturated heterocycles. The predicted molar refractivity (Wildman–Crippen MR) is 103 cm³/mol. The first kappa shape index (κ1) is 16.9. The van der Waals surface area contributed by atoms with E-state index in [2.05, 4.69) is 20.5 Å². The molecule has 7 nitrogen and oxygen atoms in total. The highest BCUT2D eigenvalue weighted by Crippen LogP contribution is 2.30. The van der Waals surface area contributed by atoms with E-state index < -0.39 is 0 Å². The van der Waals surface area contributed by atoms with Gasteiger partial charge in [-0.1, -0.05) is 18.2 Å². The second-order valence-electron chi connectivity index (χ2n) is 5.72. The molecule has 8 heteroatoms. The van der Waals surface area contributed by atoms with Crippen molar-refractivity contribution in [2.24, 2.45) is 0 Å². The van der Waals surface area contributed by atoms with Crippen LogP contribution in [0.15, 0.2) is 64.0 Å². The molecule has 4 aromatic rings. The number of thiazole rings is 1. The smallest absolute Gasteiger partial charge is 0.267 e. The van der Waals surface area contributed by atoms with Gasteiger partial charge in [0.25, 0.3) is 11.5 Å². The van der Waals surface area contributed by atoms with Crippen molar-refractivity contribution in [1.82, 2.24) is 15.2 Å². The van der Waals surface area contributed by atoms with E-state index in [0.717, 1.165) is 0 Å². The van der Waals surface area contributed by atoms with Crippen LogP contribution in [-0.2, 0) is 0 Å². The van der Waals surface area contributed by atoms with Crippen molar-refractivity contribution < 1.29 is 9.21 Å². The minimum Gasteiger partial charge on any atom is -0.462 e. The molecule has 4 rings (SSSR count). The summed E-state index contributed by atoms with van der Waals surface area (Å²) in [6.07, 6.45) is 1.57. The fourth-order valence-electron chi connectivity index (χ4n) is 2.60. The van der Waals surface area contributed by atoms with Crippen LogP contribution in [0.5, 0.6) is 0 Å². The van der Waals surface area contributed by atoms with Gasteiger partial charge in [0.1, 0.15) is 4.88 Å². The third kappa shape index (κ3) is 3.42. The highest BCUT2D eigenvalue weighted by atomic mass is 32.1. The van der Waals surface area contributed by atoms with Crippen LogP contribution in [-0.4, -0.2) is 21.1 Å². The highest BCUT2D eigenvalue weighted by Gasteiger charge is 2.19. The SMILES string of the molecule is Cc1nc(-c2ccco2)sc1C(=O)Nc1ccccc1-c1ccc(=O)[nH]n1. The van der Waals surface area contributed by atoms with Crippen LogP contribution in [0.25, 0.3) is 22.0 Å². The first-order valence-corrected chi connectivity index (χ1v) is 8.91. The Morgan fingerprint density at radius 2 is 2.00 bits per heavy atom. The molecule has 1 amide bonds. The van der Waals surface area contributed by atoms with Gasteiger partial charge in [-0.3, -0.25) is 9.59 Å². The highest BCUT2D eigenvalue weighted by molar-refractivity contribution is 7.17. The molecule has 0 spiro atoms. The molecule has 2 N–H and O–H groups in total. The summed E-state index contributed by atoms with van der Waals surface area (Å²) < 4.78 is 5.35. The average Bonchev–Trinajstić information content (AvgIpc) is 3.32. The molecule has 3 heterocycles. The van der Waals surface area contributed by atoms with Crippen LogP contribution >= 0.6 is 11.3 Å². The van der Waals surface area contributed by atoms with Gasteiger partial charge in [0, 0.05) is 11.6 Å². The number of furan rings is 1. The summed E-state index contributed by atoms with van der Waals surface area (Å²) >= 11 is 1.27. The first-order chi connectivity index (χ1) is 13.1. The Morgan fingerprint density at radius 1 is 1.15 bits per heavy atom. The molecule has 0 fully saturated rings. The van der Waals surface area contributed by atoms with Crippen molar-refractivity contribution in [1.29, 1.82) is 0 Å². The van der Waals surface area contributed by atoms with Crippen molar-refractivity contribution in [2.75, 3.05) is 5.32 Å². The number of aromatic nitrogens is 3. The van der Waals surface area contributed by atoms with E-state index in [1.807, 2.05) is 18.2 Å². The Labute approximate surface area is 157 Å². The number of nitrogens with one attached hydrogen (secondary N) is 2. The lowest BCUT2D eigenvalue weighted by atomic mass is 10.1. The number of nitrogens with zero attached hydrogens (tertiary/aromatic N) is 2. The van der Waals surface area contributed by atoms with Gasteiger partial charge in [0.2, 0.25) is 0 Å². The van der Waals surface area contributed by atoms with Crippen molar-refractivity contribution in [3.63, 3.8) is 0 Å². The Morgan fingerprint density at radius 3 is 2.74 bits per heavy atom. The summed E-state index contributed by atoms with van der Waals surface area (Å²) in [5.74, 6) is 0.361. The van der Waals surface area contributed by atoms with Crippen LogP contribution in [0.4, 0.5) is 5.69 Å². The molecule has 0 aliphatic rings. The predicted octanol–water partition coefficient (Wildman–Crippen LogP) is 3.71. The van der Waals surface area contributed by atoms with E-state index >= 15 is 0 Å². The quantitative estimate of drug-likeness (QED) is 0.564. The fraction of sp³-hybridized carbons (Fsp3) is 0.0526. The third-order valence-electron chi connectivity index (χ3n) is 3.87. The van der Waals surface area contributed by atoms with Crippen molar-refractivity contribution in [3.05, 3.63) is 75.7 Å². The molecule has 27 heavy (non-hydrogen) atoms. The second kappa shape index (κ2) is 7.00. The van der Waals surface area contributed by atoms with Crippen LogP contribution in [0, 0.1) is 6.92 Å². The van der Waals surface area contributed by atoms with Crippen LogP contribution in [0.1, 0.15) is 15.4 Å². The third-order valence-corrected chi connectivity index (χ3v) is 5.04. The maximum atomic E-state index is 12.8. The number of anilines is 1. The van der Waals surface area contributed by atoms with Crippen molar-refractivity contribution in [3.8, 4) is 22.0 Å². The van der Waals surface area contributed by atoms with Gasteiger partial charge in [-0.25, -0.2) is 10.1 Å². The lowest BCUT2D eigenvalue weighted by molar-refractivity contribution is 0.103. The summed E-state index contributed by atoms with van der Waals surface area (Å²) in [7, 11) is 0. The molecule has 0 radical (unpaired) electrons. The normalized spacial score (nSPS) is 10.7. The molecule has 0 bridgehead atoms. The Hall–Kier alpha value is -3.52. The second-order valence-corrected chi connectivity index (χ2v) is 6.72. The number of H-pyrrole nitrogens is 1. The number of aromatic amines is 1. The van der Waals surface area contributed by atoms with Crippen LogP contribution < -0.4 is 10.9 Å². The maximum Gasteiger partial charge on any atom is 0.267 e. The van der Waals surface area contributed by atoms with Gasteiger partial charge in [-0.2, -0.15) is 5.10 Å². The standard InChI is InChI=1S/C19H14N4O3S/c1-11-17(27-19(20-11)15-7-4-10-26-15)18(25)21-13-6-3-2-5-12(13)14-8-9-16(24)23-22-14/h2-10H,1H3,(H,21,25)(H,23,24). The first-order valence-electron chi connectivity index (χ1n) is 8.09. The topological polar surface area (TPSA) is 101 Å². The number of carbonyl (C=O) groups is 1. The average molecular weight is 378 g/mol. The van der Waals surface area contributed by atoms with E-state index in [1.165, 1.54) is 17.4 Å². The summed E-state index contributed by atoms with van der Waals surface area (Å²) in [6, 6.07) is 13.8. The number of amides is 1. The lowest BCUT2D eigenvalue weighted by Gasteiger charge is -2.09. The zero-order chi connectivity index (χ0) is 18.8. The number of rotatable bonds is 4. The zero-order valence-corrected chi connectivity index (χ0v) is 15.0. The molecule has 0 atom stereocenters. The van der Waals surface area contributed by atoms with E-state index in [0.29, 0.717) is 38.3 Å². The summed E-state index contributed by atoms with van der Waals surface area (Å²) in [5.41, 5.74) is 2.20. The van der Waals surface area contributed by atoms with Gasteiger partial charge in [0.15, 0.2) is 10.8 Å². The summed E-state index contributed by atoms with van der Waals surface area (Å²) in [5, 5.41) is 10.00. The van der Waals surface area contributed by atoms with Gasteiger partial charge in [-0.15, -0.1) is 11.3 Å². The Bertz CT molecular complexity index is 1140. The van der Waals surface area contributed by atoms with E-state index in [-0.39, 0.29) is 11.5 Å². The van der Waals surface area contributed by atoms with Crippen molar-refractivity contribution >= 4 is 22.9 Å². The molecule has 0 aliphatic carbocycles. The van der Waals surface area contributed by atoms with Crippen molar-refractivity contribution in [2.45, 2.75) is 6.92 Å². The number of hydrogen-bond acceptors (Lipinski definition) is 6. The number of benzene rings is 1. The number of carbonyl (C=O) groups excluding carboxylic acids is 1. The molecule has 0 aliphatic heterocycles. The Balaban J connectivity index is 1.64. The molecule has 134 valence electrons. The largest absolute Gasteiger partial charge is 0.462 e. The fourth-order valence-corrected chi connectivity index (χ4v) is 3.53. The summed E-state index contributed by atoms with van der Waals surface area (Å²) in [4.78, 5) is 29.0. The zero-order valence-electron chi connectivity index (χ0n) is 14.2. The van der Waals surface area contributed by atoms with Crippen LogP contribution in [0.2, 0.25) is 0 Å². The van der Waals surface area contributed by atoms with E-state index in [4.69, 9.17) is 4.42 Å². The molecular formula is C19H14N4O3S. The molecular weight excluding hydrogens is 364 g/mol. The molecule has 0 saturated carbocycles. The van der Waals surface area contributed by atoms with E-state index in [1.54, 1.807) is 37.5 Å². The number of aryl methyl sites for hydroxylation is 1. The van der Waals surface area contributed by atoms with Gasteiger partial charge in [0.05, 0.1) is 23.3 Å². The van der Waals surface area contributed by atoms with Gasteiger partial charge < -0.3 is 9.73 Å².